The second-order valence-electron chi connectivity index (χ2n) is 9.69. The first-order valence-corrected chi connectivity index (χ1v) is 12.9. The highest BCUT2D eigenvalue weighted by Crippen LogP contribution is 2.27. The van der Waals surface area contributed by atoms with Crippen LogP contribution in [0.4, 0.5) is 5.69 Å². The molecule has 0 aromatic heterocycles. The van der Waals surface area contributed by atoms with Gasteiger partial charge in [-0.15, -0.1) is 0 Å². The van der Waals surface area contributed by atoms with Crippen LogP contribution in [-0.4, -0.2) is 65.7 Å². The van der Waals surface area contributed by atoms with Gasteiger partial charge in [-0.2, -0.15) is 0 Å². The van der Waals surface area contributed by atoms with Gasteiger partial charge < -0.3 is 30.7 Å². The molecule has 3 amide bonds. The molecule has 196 valence electrons. The van der Waals surface area contributed by atoms with E-state index in [1.165, 1.54) is 29.5 Å². The third kappa shape index (κ3) is 6.10. The molecule has 0 bridgehead atoms. The summed E-state index contributed by atoms with van der Waals surface area (Å²) >= 11 is 5.99. The van der Waals surface area contributed by atoms with E-state index < -0.39 is 36.3 Å². The van der Waals surface area contributed by atoms with Crippen LogP contribution in [0, 0.1) is 0 Å². The normalized spacial score (nSPS) is 25.3. The molecule has 2 saturated heterocycles. The maximum Gasteiger partial charge on any atom is 0.310 e. The molecule has 1 saturated carbocycles. The van der Waals surface area contributed by atoms with Gasteiger partial charge in [0, 0.05) is 12.1 Å². The number of nitrogens with two attached hydrogens (primary N) is 1. The first-order valence-electron chi connectivity index (χ1n) is 12.5. The molecule has 1 aromatic carbocycles. The van der Waals surface area contributed by atoms with Crippen molar-refractivity contribution < 1.29 is 28.7 Å². The van der Waals surface area contributed by atoms with Crippen LogP contribution in [-0.2, 0) is 23.9 Å². The van der Waals surface area contributed by atoms with Crippen molar-refractivity contribution in [1.82, 2.24) is 15.5 Å². The van der Waals surface area contributed by atoms with Crippen LogP contribution in [0.5, 0.6) is 0 Å². The molecule has 0 radical (unpaired) electrons. The molecule has 2 aliphatic heterocycles. The molecular formula is C25H33ClN4O6. The van der Waals surface area contributed by atoms with Crippen LogP contribution in [0.2, 0.25) is 5.02 Å². The topological polar surface area (TPSA) is 140 Å². The summed E-state index contributed by atoms with van der Waals surface area (Å²) < 4.78 is 11.3. The first kappa shape index (κ1) is 26.2. The van der Waals surface area contributed by atoms with E-state index in [4.69, 9.17) is 26.8 Å². The average molecular weight is 521 g/mol. The monoisotopic (exact) mass is 520 g/mol. The number of benzene rings is 1. The molecule has 0 unspecified atom stereocenters. The molecule has 36 heavy (non-hydrogen) atoms. The van der Waals surface area contributed by atoms with Gasteiger partial charge in [-0.1, -0.05) is 30.9 Å². The summed E-state index contributed by atoms with van der Waals surface area (Å²) in [6.45, 7) is 1.97. The second kappa shape index (κ2) is 11.5. The number of cyclic esters (lactones) is 1. The van der Waals surface area contributed by atoms with Crippen LogP contribution in [0.25, 0.3) is 0 Å². The van der Waals surface area contributed by atoms with Gasteiger partial charge in [0.2, 0.25) is 18.1 Å². The smallest absolute Gasteiger partial charge is 0.310 e. The molecule has 4 atom stereocenters. The standard InChI is InChI=1S/C25H33ClN4O6/c1-14(28-22(32)15-9-10-18(27)17(26)12-15)24(34)30-11-5-8-20(30)23(33)29-19-13-21(31)36-25(19)35-16-6-3-2-4-7-16/h9-10,12,14,16,19-20,25H,2-8,11,13,27H2,1H3,(H,28,32)(H,29,33)/t14-,19-,20-,25+/m0/s1. The lowest BCUT2D eigenvalue weighted by Crippen LogP contribution is -2.54. The van der Waals surface area contributed by atoms with Crippen molar-refractivity contribution in [3.63, 3.8) is 0 Å². The van der Waals surface area contributed by atoms with Crippen molar-refractivity contribution in [2.24, 2.45) is 0 Å². The summed E-state index contributed by atoms with van der Waals surface area (Å²) in [5.74, 6) is -1.61. The fraction of sp³-hybridized carbons (Fsp3) is 0.600. The highest BCUT2D eigenvalue weighted by atomic mass is 35.5. The van der Waals surface area contributed by atoms with Gasteiger partial charge in [0.1, 0.15) is 18.1 Å². The van der Waals surface area contributed by atoms with E-state index in [9.17, 15) is 19.2 Å². The highest BCUT2D eigenvalue weighted by Gasteiger charge is 2.42. The molecule has 3 aliphatic rings. The number of carbonyl (C=O) groups excluding carboxylic acids is 4. The summed E-state index contributed by atoms with van der Waals surface area (Å²) in [6, 6.07) is 2.32. The molecule has 3 fully saturated rings. The number of likely N-dealkylation sites (tertiary alicyclic amines) is 1. The third-order valence-corrected chi connectivity index (χ3v) is 7.32. The molecule has 1 aromatic rings. The minimum absolute atomic E-state index is 0.0130. The van der Waals surface area contributed by atoms with Crippen molar-refractivity contribution in [2.45, 2.75) is 88.8 Å². The van der Waals surface area contributed by atoms with Crippen molar-refractivity contribution in [3.8, 4) is 0 Å². The minimum atomic E-state index is -0.860. The first-order chi connectivity index (χ1) is 17.2. The van der Waals surface area contributed by atoms with E-state index in [0.717, 1.165) is 25.7 Å². The lowest BCUT2D eigenvalue weighted by Gasteiger charge is -2.30. The SMILES string of the molecule is C[C@H](NC(=O)c1ccc(N)c(Cl)c1)C(=O)N1CCC[C@H]1C(=O)N[C@H]1CC(=O)O[C@H]1OC1CCCCC1. The highest BCUT2D eigenvalue weighted by molar-refractivity contribution is 6.33. The molecule has 4 N–H and O–H groups in total. The molecule has 0 spiro atoms. The lowest BCUT2D eigenvalue weighted by atomic mass is 9.98. The van der Waals surface area contributed by atoms with E-state index in [1.54, 1.807) is 6.92 Å². The Kier molecular flexibility index (Phi) is 8.35. The number of nitrogen functional groups attached to an aromatic ring is 1. The molecule has 1 aliphatic carbocycles. The fourth-order valence-corrected chi connectivity index (χ4v) is 5.19. The number of carbonyl (C=O) groups is 4. The number of nitrogens with one attached hydrogen (secondary N) is 2. The molecule has 11 heteroatoms. The average Bonchev–Trinajstić information content (AvgIpc) is 3.47. The van der Waals surface area contributed by atoms with Crippen molar-refractivity contribution in [2.75, 3.05) is 12.3 Å². The van der Waals surface area contributed by atoms with E-state index in [-0.39, 0.29) is 34.9 Å². The molecule has 4 rings (SSSR count). The summed E-state index contributed by atoms with van der Waals surface area (Å²) in [5, 5.41) is 5.79. The number of hydrogen-bond acceptors (Lipinski definition) is 7. The van der Waals surface area contributed by atoms with E-state index in [1.807, 2.05) is 0 Å². The van der Waals surface area contributed by atoms with Crippen LogP contribution < -0.4 is 16.4 Å². The maximum absolute atomic E-state index is 13.2. The molecule has 10 nitrogen and oxygen atoms in total. The summed E-state index contributed by atoms with van der Waals surface area (Å²) in [5.41, 5.74) is 6.32. The van der Waals surface area contributed by atoms with Gasteiger partial charge >= 0.3 is 5.97 Å². The number of halogens is 1. The Bertz CT molecular complexity index is 1010. The fourth-order valence-electron chi connectivity index (χ4n) is 5.01. The lowest BCUT2D eigenvalue weighted by molar-refractivity contribution is -0.180. The zero-order chi connectivity index (χ0) is 25.8. The Morgan fingerprint density at radius 2 is 1.92 bits per heavy atom. The van der Waals surface area contributed by atoms with Crippen molar-refractivity contribution >= 4 is 41.0 Å². The Labute approximate surface area is 215 Å². The van der Waals surface area contributed by atoms with Crippen molar-refractivity contribution in [1.29, 1.82) is 0 Å². The van der Waals surface area contributed by atoms with Crippen molar-refractivity contribution in [3.05, 3.63) is 28.8 Å². The summed E-state index contributed by atoms with van der Waals surface area (Å²) in [7, 11) is 0. The van der Waals surface area contributed by atoms with Gasteiger partial charge in [0.25, 0.3) is 5.91 Å². The minimum Gasteiger partial charge on any atom is -0.433 e. The summed E-state index contributed by atoms with van der Waals surface area (Å²) in [4.78, 5) is 52.3. The van der Waals surface area contributed by atoms with Crippen LogP contribution >= 0.6 is 11.6 Å². The van der Waals surface area contributed by atoms with E-state index >= 15 is 0 Å². The number of nitrogens with zero attached hydrogens (tertiary/aromatic N) is 1. The second-order valence-corrected chi connectivity index (χ2v) is 10.1. The number of ether oxygens (including phenoxy) is 2. The van der Waals surface area contributed by atoms with Crippen LogP contribution in [0.15, 0.2) is 18.2 Å². The van der Waals surface area contributed by atoms with Crippen LogP contribution in [0.3, 0.4) is 0 Å². The molecule has 2 heterocycles. The number of amides is 3. The molecular weight excluding hydrogens is 488 g/mol. The zero-order valence-electron chi connectivity index (χ0n) is 20.3. The predicted molar refractivity (Wildman–Crippen MR) is 132 cm³/mol. The van der Waals surface area contributed by atoms with Gasteiger partial charge in [0.05, 0.1) is 23.2 Å². The Morgan fingerprint density at radius 3 is 2.64 bits per heavy atom. The Balaban J connectivity index is 1.34. The largest absolute Gasteiger partial charge is 0.433 e. The number of rotatable bonds is 7. The van der Waals surface area contributed by atoms with E-state index in [2.05, 4.69) is 10.6 Å². The summed E-state index contributed by atoms with van der Waals surface area (Å²) in [6.07, 6.45) is 5.49. The van der Waals surface area contributed by atoms with Gasteiger partial charge in [-0.05, 0) is 50.8 Å². The predicted octanol–water partition coefficient (Wildman–Crippen LogP) is 2.14. The van der Waals surface area contributed by atoms with Crippen LogP contribution in [0.1, 0.15) is 68.6 Å². The van der Waals surface area contributed by atoms with Gasteiger partial charge in [0.15, 0.2) is 0 Å². The van der Waals surface area contributed by atoms with Gasteiger partial charge in [-0.3, -0.25) is 19.2 Å². The number of esters is 1. The quantitative estimate of drug-likeness (QED) is 0.369. The van der Waals surface area contributed by atoms with Gasteiger partial charge in [-0.25, -0.2) is 0 Å². The Hall–Kier alpha value is -2.85. The number of anilines is 1. The number of hydrogen-bond donors (Lipinski definition) is 3. The Morgan fingerprint density at radius 1 is 1.17 bits per heavy atom. The maximum atomic E-state index is 13.2. The third-order valence-electron chi connectivity index (χ3n) is 6.99. The zero-order valence-corrected chi connectivity index (χ0v) is 21.1. The van der Waals surface area contributed by atoms with E-state index in [0.29, 0.717) is 25.1 Å².